The highest BCUT2D eigenvalue weighted by Crippen LogP contribution is 2.32. The van der Waals surface area contributed by atoms with Crippen LogP contribution in [0.2, 0.25) is 0 Å². The third-order valence-corrected chi connectivity index (χ3v) is 4.63. The number of hydrogen-bond acceptors (Lipinski definition) is 3. The number of amides is 1. The van der Waals surface area contributed by atoms with Crippen molar-refractivity contribution in [2.24, 2.45) is 11.8 Å². The Kier molecular flexibility index (Phi) is 5.99. The lowest BCUT2D eigenvalue weighted by atomic mass is 9.78. The Hall–Kier alpha value is -0.710. The molecule has 1 aliphatic rings. The van der Waals surface area contributed by atoms with Crippen molar-refractivity contribution in [1.82, 2.24) is 4.90 Å². The first kappa shape index (κ1) is 15.3. The molecule has 0 bridgehead atoms. The van der Waals surface area contributed by atoms with Crippen LogP contribution in [0.15, 0.2) is 0 Å². The number of aliphatic carboxylic acids is 1. The van der Waals surface area contributed by atoms with E-state index < -0.39 is 11.9 Å². The standard InChI is InChI=1S/C13H23NO3S/c1-9(8-18-3)14(2)12(15)10-6-4-5-7-11(10)13(16)17/h9-11H,4-8H2,1-3H3,(H,16,17)/t9?,10-,11+/m1/s1. The maximum atomic E-state index is 12.4. The molecule has 104 valence electrons. The van der Waals surface area contributed by atoms with Gasteiger partial charge in [0, 0.05) is 18.8 Å². The molecule has 1 N–H and O–H groups in total. The van der Waals surface area contributed by atoms with E-state index in [1.54, 1.807) is 23.7 Å². The SMILES string of the molecule is CSCC(C)N(C)C(=O)[C@@H]1CCCC[C@@H]1C(=O)O. The van der Waals surface area contributed by atoms with Gasteiger partial charge in [0.2, 0.25) is 5.91 Å². The minimum absolute atomic E-state index is 0.00338. The van der Waals surface area contributed by atoms with Crippen molar-refractivity contribution >= 4 is 23.6 Å². The number of nitrogens with zero attached hydrogens (tertiary/aromatic N) is 1. The van der Waals surface area contributed by atoms with E-state index in [-0.39, 0.29) is 17.9 Å². The van der Waals surface area contributed by atoms with E-state index in [2.05, 4.69) is 0 Å². The molecular weight excluding hydrogens is 250 g/mol. The third-order valence-electron chi connectivity index (χ3n) is 3.82. The average Bonchev–Trinajstić information content (AvgIpc) is 2.37. The van der Waals surface area contributed by atoms with Crippen molar-refractivity contribution < 1.29 is 14.7 Å². The van der Waals surface area contributed by atoms with Crippen LogP contribution in [-0.2, 0) is 9.59 Å². The molecule has 5 heteroatoms. The number of carbonyl (C=O) groups excluding carboxylic acids is 1. The zero-order chi connectivity index (χ0) is 13.7. The van der Waals surface area contributed by atoms with Crippen molar-refractivity contribution in [3.05, 3.63) is 0 Å². The number of thioether (sulfide) groups is 1. The summed E-state index contributed by atoms with van der Waals surface area (Å²) in [5, 5.41) is 9.21. The van der Waals surface area contributed by atoms with Crippen molar-refractivity contribution in [2.75, 3.05) is 19.1 Å². The van der Waals surface area contributed by atoms with Gasteiger partial charge in [-0.1, -0.05) is 12.8 Å². The van der Waals surface area contributed by atoms with Gasteiger partial charge in [-0.15, -0.1) is 0 Å². The van der Waals surface area contributed by atoms with Gasteiger partial charge in [-0.25, -0.2) is 0 Å². The Morgan fingerprint density at radius 2 is 1.89 bits per heavy atom. The summed E-state index contributed by atoms with van der Waals surface area (Å²) >= 11 is 1.70. The predicted octanol–water partition coefficient (Wildman–Crippen LogP) is 2.09. The number of rotatable bonds is 5. The normalized spacial score (nSPS) is 25.5. The summed E-state index contributed by atoms with van der Waals surface area (Å²) < 4.78 is 0. The van der Waals surface area contributed by atoms with E-state index in [0.29, 0.717) is 12.8 Å². The number of hydrogen-bond donors (Lipinski definition) is 1. The lowest BCUT2D eigenvalue weighted by molar-refractivity contribution is -0.152. The predicted molar refractivity (Wildman–Crippen MR) is 73.7 cm³/mol. The van der Waals surface area contributed by atoms with Crippen LogP contribution >= 0.6 is 11.8 Å². The molecule has 0 heterocycles. The minimum atomic E-state index is -0.820. The van der Waals surface area contributed by atoms with Gasteiger partial charge in [-0.2, -0.15) is 11.8 Å². The molecule has 3 atom stereocenters. The highest BCUT2D eigenvalue weighted by atomic mass is 32.2. The van der Waals surface area contributed by atoms with Crippen LogP contribution in [0.25, 0.3) is 0 Å². The second-order valence-electron chi connectivity index (χ2n) is 5.09. The molecule has 1 fully saturated rings. The van der Waals surface area contributed by atoms with Crippen LogP contribution in [0.5, 0.6) is 0 Å². The number of carbonyl (C=O) groups is 2. The molecule has 0 radical (unpaired) electrons. The minimum Gasteiger partial charge on any atom is -0.481 e. The van der Waals surface area contributed by atoms with Crippen LogP contribution in [0.1, 0.15) is 32.6 Å². The van der Waals surface area contributed by atoms with Crippen LogP contribution < -0.4 is 0 Å². The van der Waals surface area contributed by atoms with Crippen LogP contribution in [0, 0.1) is 11.8 Å². The fourth-order valence-corrected chi connectivity index (χ4v) is 3.26. The van der Waals surface area contributed by atoms with Crippen molar-refractivity contribution in [1.29, 1.82) is 0 Å². The number of carboxylic acids is 1. The maximum Gasteiger partial charge on any atom is 0.307 e. The molecule has 0 aromatic rings. The first-order valence-corrected chi connectivity index (χ1v) is 7.86. The molecule has 1 saturated carbocycles. The van der Waals surface area contributed by atoms with Gasteiger partial charge in [0.1, 0.15) is 0 Å². The highest BCUT2D eigenvalue weighted by molar-refractivity contribution is 7.98. The molecule has 1 rings (SSSR count). The summed E-state index contributed by atoms with van der Waals surface area (Å²) in [6, 6.07) is 0.156. The monoisotopic (exact) mass is 273 g/mol. The zero-order valence-electron chi connectivity index (χ0n) is 11.4. The molecule has 0 aromatic carbocycles. The molecule has 1 amide bonds. The van der Waals surface area contributed by atoms with Gasteiger partial charge in [0.25, 0.3) is 0 Å². The fraction of sp³-hybridized carbons (Fsp3) is 0.846. The summed E-state index contributed by atoms with van der Waals surface area (Å²) in [6.07, 6.45) is 5.24. The topological polar surface area (TPSA) is 57.6 Å². The van der Waals surface area contributed by atoms with E-state index >= 15 is 0 Å². The van der Waals surface area contributed by atoms with Crippen molar-refractivity contribution in [3.8, 4) is 0 Å². The summed E-state index contributed by atoms with van der Waals surface area (Å²) in [5.74, 6) is -0.754. The fourth-order valence-electron chi connectivity index (χ4n) is 2.55. The smallest absolute Gasteiger partial charge is 0.307 e. The lowest BCUT2D eigenvalue weighted by Crippen LogP contribution is -2.45. The third kappa shape index (κ3) is 3.64. The summed E-state index contributed by atoms with van der Waals surface area (Å²) in [6.45, 7) is 2.01. The van der Waals surface area contributed by atoms with Crippen LogP contribution in [0.3, 0.4) is 0 Å². The lowest BCUT2D eigenvalue weighted by Gasteiger charge is -2.33. The van der Waals surface area contributed by atoms with Crippen molar-refractivity contribution in [3.63, 3.8) is 0 Å². The van der Waals surface area contributed by atoms with E-state index in [1.165, 1.54) is 0 Å². The molecule has 4 nitrogen and oxygen atoms in total. The Bertz CT molecular complexity index is 309. The largest absolute Gasteiger partial charge is 0.481 e. The Labute approximate surface area is 113 Å². The molecule has 0 saturated heterocycles. The van der Waals surface area contributed by atoms with Crippen LogP contribution in [-0.4, -0.2) is 47.0 Å². The molecule has 0 aliphatic heterocycles. The second-order valence-corrected chi connectivity index (χ2v) is 6.00. The Morgan fingerprint density at radius 3 is 2.39 bits per heavy atom. The van der Waals surface area contributed by atoms with Gasteiger partial charge >= 0.3 is 5.97 Å². The van der Waals surface area contributed by atoms with Gasteiger partial charge in [0.05, 0.1) is 11.8 Å². The number of carboxylic acid groups (broad SMARTS) is 1. The summed E-state index contributed by atoms with van der Waals surface area (Å²) in [5.41, 5.74) is 0. The quantitative estimate of drug-likeness (QED) is 0.833. The highest BCUT2D eigenvalue weighted by Gasteiger charge is 2.37. The van der Waals surface area contributed by atoms with Gasteiger partial charge in [-0.3, -0.25) is 9.59 Å². The molecular formula is C13H23NO3S. The first-order chi connectivity index (χ1) is 8.49. The molecule has 0 spiro atoms. The zero-order valence-corrected chi connectivity index (χ0v) is 12.2. The van der Waals surface area contributed by atoms with Crippen molar-refractivity contribution in [2.45, 2.75) is 38.6 Å². The van der Waals surface area contributed by atoms with E-state index in [4.69, 9.17) is 0 Å². The molecule has 1 aliphatic carbocycles. The van der Waals surface area contributed by atoms with Crippen LogP contribution in [0.4, 0.5) is 0 Å². The summed E-state index contributed by atoms with van der Waals surface area (Å²) in [7, 11) is 1.79. The first-order valence-electron chi connectivity index (χ1n) is 6.47. The molecule has 1 unspecified atom stereocenters. The van der Waals surface area contributed by atoms with E-state index in [0.717, 1.165) is 18.6 Å². The molecule has 18 heavy (non-hydrogen) atoms. The van der Waals surface area contributed by atoms with E-state index in [1.807, 2.05) is 13.2 Å². The molecule has 0 aromatic heterocycles. The Balaban J connectivity index is 2.70. The Morgan fingerprint density at radius 1 is 1.33 bits per heavy atom. The van der Waals surface area contributed by atoms with Gasteiger partial charge < -0.3 is 10.0 Å². The van der Waals surface area contributed by atoms with Gasteiger partial charge in [-0.05, 0) is 26.0 Å². The average molecular weight is 273 g/mol. The van der Waals surface area contributed by atoms with E-state index in [9.17, 15) is 14.7 Å². The maximum absolute atomic E-state index is 12.4. The second kappa shape index (κ2) is 7.02. The summed E-state index contributed by atoms with van der Waals surface area (Å²) in [4.78, 5) is 25.3. The van der Waals surface area contributed by atoms with Gasteiger partial charge in [0.15, 0.2) is 0 Å².